The Morgan fingerprint density at radius 1 is 1.33 bits per heavy atom. The summed E-state index contributed by atoms with van der Waals surface area (Å²) in [5.74, 6) is 1.06. The Morgan fingerprint density at radius 3 is 2.78 bits per heavy atom. The van der Waals surface area contributed by atoms with Crippen LogP contribution in [0.1, 0.15) is 39.5 Å². The quantitative estimate of drug-likeness (QED) is 0.828. The van der Waals surface area contributed by atoms with Crippen molar-refractivity contribution in [1.29, 1.82) is 0 Å². The average molecular weight is 254 g/mol. The van der Waals surface area contributed by atoms with E-state index in [1.807, 2.05) is 4.90 Å². The van der Waals surface area contributed by atoms with Gasteiger partial charge in [-0.3, -0.25) is 4.79 Å². The van der Waals surface area contributed by atoms with Crippen LogP contribution in [-0.4, -0.2) is 49.2 Å². The molecule has 18 heavy (non-hydrogen) atoms. The van der Waals surface area contributed by atoms with Crippen molar-refractivity contribution in [3.05, 3.63) is 0 Å². The number of carbonyl (C=O) groups is 1. The van der Waals surface area contributed by atoms with E-state index in [2.05, 4.69) is 19.2 Å². The van der Waals surface area contributed by atoms with Crippen molar-refractivity contribution < 1.29 is 9.53 Å². The van der Waals surface area contributed by atoms with Gasteiger partial charge >= 0.3 is 0 Å². The van der Waals surface area contributed by atoms with Gasteiger partial charge in [0.2, 0.25) is 5.91 Å². The minimum absolute atomic E-state index is 0.168. The van der Waals surface area contributed by atoms with Gasteiger partial charge in [-0.15, -0.1) is 0 Å². The van der Waals surface area contributed by atoms with Crippen molar-refractivity contribution in [3.8, 4) is 0 Å². The number of hydrogen-bond acceptors (Lipinski definition) is 3. The molecule has 2 aliphatic heterocycles. The first-order valence-electron chi connectivity index (χ1n) is 7.30. The van der Waals surface area contributed by atoms with E-state index >= 15 is 0 Å². The molecular weight excluding hydrogens is 228 g/mol. The third kappa shape index (κ3) is 3.45. The Balaban J connectivity index is 1.76. The molecule has 0 bridgehead atoms. The number of rotatable bonds is 3. The molecule has 1 amide bonds. The molecular formula is C14H26N2O2. The van der Waals surface area contributed by atoms with Crippen LogP contribution in [0.3, 0.4) is 0 Å². The number of ether oxygens (including phenoxy) is 1. The van der Waals surface area contributed by atoms with E-state index in [4.69, 9.17) is 4.74 Å². The normalized spacial score (nSPS) is 30.4. The third-order valence-electron chi connectivity index (χ3n) is 4.43. The summed E-state index contributed by atoms with van der Waals surface area (Å²) in [5.41, 5.74) is 0. The van der Waals surface area contributed by atoms with Gasteiger partial charge < -0.3 is 15.0 Å². The van der Waals surface area contributed by atoms with E-state index in [9.17, 15) is 4.79 Å². The molecule has 0 aromatic carbocycles. The number of nitrogens with zero attached hydrogens (tertiary/aromatic N) is 1. The maximum absolute atomic E-state index is 12.3. The monoisotopic (exact) mass is 254 g/mol. The highest BCUT2D eigenvalue weighted by Crippen LogP contribution is 2.20. The Bertz CT molecular complexity index is 277. The first kappa shape index (κ1) is 13.8. The molecule has 0 saturated carbocycles. The molecule has 2 unspecified atom stereocenters. The summed E-state index contributed by atoms with van der Waals surface area (Å²) in [6, 6.07) is 0.222. The largest absolute Gasteiger partial charge is 0.375 e. The number of amides is 1. The van der Waals surface area contributed by atoms with E-state index in [0.29, 0.717) is 18.9 Å². The lowest BCUT2D eigenvalue weighted by atomic mass is 9.93. The smallest absolute Gasteiger partial charge is 0.222 e. The summed E-state index contributed by atoms with van der Waals surface area (Å²) in [6.07, 6.45) is 4.38. The molecule has 0 aromatic heterocycles. The predicted octanol–water partition coefficient (Wildman–Crippen LogP) is 1.40. The van der Waals surface area contributed by atoms with Crippen LogP contribution in [0.15, 0.2) is 0 Å². The topological polar surface area (TPSA) is 41.6 Å². The minimum Gasteiger partial charge on any atom is -0.375 e. The lowest BCUT2D eigenvalue weighted by molar-refractivity contribution is -0.144. The van der Waals surface area contributed by atoms with Crippen LogP contribution in [0.2, 0.25) is 0 Å². The Morgan fingerprint density at radius 2 is 2.06 bits per heavy atom. The van der Waals surface area contributed by atoms with Crippen molar-refractivity contribution in [2.75, 3.05) is 26.2 Å². The molecule has 4 nitrogen and oxygen atoms in total. The zero-order valence-corrected chi connectivity index (χ0v) is 11.7. The lowest BCUT2D eigenvalue weighted by Crippen LogP contribution is -2.51. The van der Waals surface area contributed by atoms with Crippen LogP contribution in [0.4, 0.5) is 0 Å². The maximum atomic E-state index is 12.3. The van der Waals surface area contributed by atoms with E-state index in [0.717, 1.165) is 32.0 Å². The number of morpholine rings is 1. The van der Waals surface area contributed by atoms with Gasteiger partial charge in [0.05, 0.1) is 18.8 Å². The number of carbonyl (C=O) groups excluding carboxylic acids is 1. The summed E-state index contributed by atoms with van der Waals surface area (Å²) in [5, 5.41) is 3.37. The molecule has 2 rings (SSSR count). The highest BCUT2D eigenvalue weighted by molar-refractivity contribution is 5.76. The summed E-state index contributed by atoms with van der Waals surface area (Å²) in [4.78, 5) is 14.3. The fraction of sp³-hybridized carbons (Fsp3) is 0.929. The van der Waals surface area contributed by atoms with E-state index in [1.165, 1.54) is 12.8 Å². The van der Waals surface area contributed by atoms with Crippen LogP contribution in [0.25, 0.3) is 0 Å². The van der Waals surface area contributed by atoms with Crippen LogP contribution < -0.4 is 5.32 Å². The zero-order chi connectivity index (χ0) is 13.0. The highest BCUT2D eigenvalue weighted by atomic mass is 16.5. The molecule has 104 valence electrons. The number of hydrogen-bond donors (Lipinski definition) is 1. The number of piperidine rings is 1. The van der Waals surface area contributed by atoms with Gasteiger partial charge in [-0.1, -0.05) is 0 Å². The van der Waals surface area contributed by atoms with Gasteiger partial charge in [0, 0.05) is 13.0 Å². The Labute approximate surface area is 110 Å². The van der Waals surface area contributed by atoms with Gasteiger partial charge in [-0.05, 0) is 52.1 Å². The fourth-order valence-corrected chi connectivity index (χ4v) is 2.93. The molecule has 1 N–H and O–H groups in total. The molecule has 2 atom stereocenters. The SMILES string of the molecule is CC1OCCN(C(=O)CCC2CCNCC2)C1C. The lowest BCUT2D eigenvalue weighted by Gasteiger charge is -2.38. The van der Waals surface area contributed by atoms with Crippen molar-refractivity contribution >= 4 is 5.91 Å². The van der Waals surface area contributed by atoms with E-state index in [1.54, 1.807) is 0 Å². The second-order valence-corrected chi connectivity index (χ2v) is 5.64. The van der Waals surface area contributed by atoms with Crippen LogP contribution in [-0.2, 0) is 9.53 Å². The molecule has 0 radical (unpaired) electrons. The van der Waals surface area contributed by atoms with Gasteiger partial charge in [0.15, 0.2) is 0 Å². The van der Waals surface area contributed by atoms with Gasteiger partial charge in [0.1, 0.15) is 0 Å². The fourth-order valence-electron chi connectivity index (χ4n) is 2.93. The third-order valence-corrected chi connectivity index (χ3v) is 4.43. The van der Waals surface area contributed by atoms with Crippen molar-refractivity contribution in [2.45, 2.75) is 51.7 Å². The summed E-state index contributed by atoms with van der Waals surface area (Å²) < 4.78 is 5.56. The van der Waals surface area contributed by atoms with Crippen LogP contribution in [0.5, 0.6) is 0 Å². The minimum atomic E-state index is 0.168. The number of nitrogens with one attached hydrogen (secondary N) is 1. The van der Waals surface area contributed by atoms with Crippen molar-refractivity contribution in [2.24, 2.45) is 5.92 Å². The second-order valence-electron chi connectivity index (χ2n) is 5.64. The molecule has 0 aliphatic carbocycles. The summed E-state index contributed by atoms with van der Waals surface area (Å²) in [6.45, 7) is 7.82. The molecule has 2 heterocycles. The molecule has 2 aliphatic rings. The Hall–Kier alpha value is -0.610. The van der Waals surface area contributed by atoms with Gasteiger partial charge in [-0.25, -0.2) is 0 Å². The highest BCUT2D eigenvalue weighted by Gasteiger charge is 2.29. The standard InChI is InChI=1S/C14H26N2O2/c1-11-12(2)18-10-9-16(11)14(17)4-3-13-5-7-15-8-6-13/h11-13,15H,3-10H2,1-2H3. The molecule has 2 saturated heterocycles. The van der Waals surface area contributed by atoms with Gasteiger partial charge in [0.25, 0.3) is 0 Å². The molecule has 0 spiro atoms. The average Bonchev–Trinajstić information content (AvgIpc) is 2.40. The predicted molar refractivity (Wildman–Crippen MR) is 71.4 cm³/mol. The maximum Gasteiger partial charge on any atom is 0.222 e. The van der Waals surface area contributed by atoms with Crippen LogP contribution >= 0.6 is 0 Å². The zero-order valence-electron chi connectivity index (χ0n) is 11.7. The second kappa shape index (κ2) is 6.53. The van der Waals surface area contributed by atoms with Crippen LogP contribution in [0, 0.1) is 5.92 Å². The molecule has 2 fully saturated rings. The van der Waals surface area contributed by atoms with Crippen molar-refractivity contribution in [3.63, 3.8) is 0 Å². The van der Waals surface area contributed by atoms with Gasteiger partial charge in [-0.2, -0.15) is 0 Å². The summed E-state index contributed by atoms with van der Waals surface area (Å²) in [7, 11) is 0. The molecule has 0 aromatic rings. The van der Waals surface area contributed by atoms with E-state index in [-0.39, 0.29) is 12.1 Å². The van der Waals surface area contributed by atoms with Crippen molar-refractivity contribution in [1.82, 2.24) is 10.2 Å². The van der Waals surface area contributed by atoms with E-state index < -0.39 is 0 Å². The first-order valence-corrected chi connectivity index (χ1v) is 7.30. The first-order chi connectivity index (χ1) is 8.68. The summed E-state index contributed by atoms with van der Waals surface area (Å²) >= 11 is 0. The Kier molecular flexibility index (Phi) is 5.01. The molecule has 4 heteroatoms.